The molecule has 7 nitrogen and oxygen atoms in total. The molecule has 3 N–H and O–H groups in total. The molecular weight excluding hydrogens is 236 g/mol. The standard InChI is InChI=1S/C11H20N4O3/c1-3-11(18,4-2)8-12-5-6-15-7-9(10(16)17)13-14-15/h7,12,18H,3-6,8H2,1-2H3,(H,16,17). The van der Waals surface area contributed by atoms with Crippen LogP contribution < -0.4 is 5.32 Å². The Labute approximate surface area is 106 Å². The van der Waals surface area contributed by atoms with Crippen LogP contribution in [0.5, 0.6) is 0 Å². The molecule has 0 bridgehead atoms. The molecule has 7 heteroatoms. The number of nitrogens with one attached hydrogen (secondary N) is 1. The summed E-state index contributed by atoms with van der Waals surface area (Å²) in [6.07, 6.45) is 2.78. The van der Waals surface area contributed by atoms with E-state index >= 15 is 0 Å². The average Bonchev–Trinajstić information content (AvgIpc) is 2.83. The highest BCUT2D eigenvalue weighted by atomic mass is 16.4. The average molecular weight is 256 g/mol. The minimum Gasteiger partial charge on any atom is -0.476 e. The molecule has 0 unspecified atom stereocenters. The third-order valence-electron chi connectivity index (χ3n) is 3.05. The highest BCUT2D eigenvalue weighted by Gasteiger charge is 2.20. The van der Waals surface area contributed by atoms with Crippen LogP contribution in [0.3, 0.4) is 0 Å². The van der Waals surface area contributed by atoms with Gasteiger partial charge in [0.15, 0.2) is 5.69 Å². The Hall–Kier alpha value is -1.47. The minimum atomic E-state index is -1.08. The van der Waals surface area contributed by atoms with Crippen molar-refractivity contribution in [2.75, 3.05) is 13.1 Å². The van der Waals surface area contributed by atoms with Crippen LogP contribution in [-0.2, 0) is 6.54 Å². The molecule has 0 fully saturated rings. The van der Waals surface area contributed by atoms with Crippen LogP contribution in [0, 0.1) is 0 Å². The third kappa shape index (κ3) is 4.08. The topological polar surface area (TPSA) is 100 Å². The van der Waals surface area contributed by atoms with Gasteiger partial charge in [-0.05, 0) is 12.8 Å². The van der Waals surface area contributed by atoms with Crippen molar-refractivity contribution in [2.45, 2.75) is 38.8 Å². The summed E-state index contributed by atoms with van der Waals surface area (Å²) in [5, 5.41) is 29.0. The van der Waals surface area contributed by atoms with Crippen molar-refractivity contribution >= 4 is 5.97 Å². The number of nitrogens with zero attached hydrogens (tertiary/aromatic N) is 3. The van der Waals surface area contributed by atoms with Gasteiger partial charge in [-0.25, -0.2) is 4.79 Å². The summed E-state index contributed by atoms with van der Waals surface area (Å²) >= 11 is 0. The zero-order valence-corrected chi connectivity index (χ0v) is 10.8. The number of carboxylic acids is 1. The van der Waals surface area contributed by atoms with Gasteiger partial charge in [0.1, 0.15) is 0 Å². The number of aromatic nitrogens is 3. The van der Waals surface area contributed by atoms with E-state index in [-0.39, 0.29) is 5.69 Å². The smallest absolute Gasteiger partial charge is 0.358 e. The summed E-state index contributed by atoms with van der Waals surface area (Å²) in [4.78, 5) is 10.6. The maximum Gasteiger partial charge on any atom is 0.358 e. The van der Waals surface area contributed by atoms with Gasteiger partial charge in [-0.2, -0.15) is 0 Å². The number of carbonyl (C=O) groups is 1. The Morgan fingerprint density at radius 3 is 2.67 bits per heavy atom. The van der Waals surface area contributed by atoms with E-state index < -0.39 is 11.6 Å². The first kappa shape index (κ1) is 14.6. The molecular formula is C11H20N4O3. The van der Waals surface area contributed by atoms with Crippen molar-refractivity contribution < 1.29 is 15.0 Å². The number of carboxylic acid groups (broad SMARTS) is 1. The van der Waals surface area contributed by atoms with E-state index in [1.54, 1.807) is 0 Å². The van der Waals surface area contributed by atoms with Crippen molar-refractivity contribution in [1.29, 1.82) is 0 Å². The lowest BCUT2D eigenvalue weighted by Crippen LogP contribution is -2.40. The summed E-state index contributed by atoms with van der Waals surface area (Å²) in [6.45, 7) is 5.53. The second kappa shape index (κ2) is 6.46. The first-order valence-corrected chi connectivity index (χ1v) is 6.07. The zero-order valence-electron chi connectivity index (χ0n) is 10.8. The van der Waals surface area contributed by atoms with Gasteiger partial charge in [0.05, 0.1) is 18.3 Å². The van der Waals surface area contributed by atoms with E-state index in [0.29, 0.717) is 32.5 Å². The Bertz CT molecular complexity index is 387. The van der Waals surface area contributed by atoms with Crippen LogP contribution in [0.4, 0.5) is 0 Å². The van der Waals surface area contributed by atoms with Gasteiger partial charge < -0.3 is 15.5 Å². The predicted molar refractivity (Wildman–Crippen MR) is 65.4 cm³/mol. The Morgan fingerprint density at radius 1 is 1.50 bits per heavy atom. The number of hydrogen-bond acceptors (Lipinski definition) is 5. The summed E-state index contributed by atoms with van der Waals surface area (Å²) in [6, 6.07) is 0. The number of aliphatic hydroxyl groups is 1. The predicted octanol–water partition coefficient (Wildman–Crippen LogP) is 0.117. The highest BCUT2D eigenvalue weighted by Crippen LogP contribution is 2.12. The normalized spacial score (nSPS) is 11.7. The molecule has 0 spiro atoms. The van der Waals surface area contributed by atoms with Gasteiger partial charge in [-0.15, -0.1) is 5.10 Å². The third-order valence-corrected chi connectivity index (χ3v) is 3.05. The molecule has 18 heavy (non-hydrogen) atoms. The molecule has 0 saturated carbocycles. The molecule has 0 saturated heterocycles. The largest absolute Gasteiger partial charge is 0.476 e. The van der Waals surface area contributed by atoms with Crippen molar-refractivity contribution in [3.8, 4) is 0 Å². The molecule has 0 radical (unpaired) electrons. The molecule has 0 amide bonds. The molecule has 0 aliphatic rings. The second-order valence-corrected chi connectivity index (χ2v) is 4.28. The first-order chi connectivity index (χ1) is 8.50. The lowest BCUT2D eigenvalue weighted by Gasteiger charge is -2.25. The summed E-state index contributed by atoms with van der Waals surface area (Å²) in [5.74, 6) is -1.08. The van der Waals surface area contributed by atoms with E-state index in [4.69, 9.17) is 5.11 Å². The molecule has 1 aromatic rings. The number of aromatic carboxylic acids is 1. The van der Waals surface area contributed by atoms with Crippen molar-refractivity contribution in [1.82, 2.24) is 20.3 Å². The minimum absolute atomic E-state index is 0.0615. The van der Waals surface area contributed by atoms with Gasteiger partial charge in [0.2, 0.25) is 0 Å². The molecule has 102 valence electrons. The van der Waals surface area contributed by atoms with E-state index in [9.17, 15) is 9.90 Å². The maximum absolute atomic E-state index is 10.6. The van der Waals surface area contributed by atoms with Gasteiger partial charge in [-0.1, -0.05) is 19.1 Å². The maximum atomic E-state index is 10.6. The highest BCUT2D eigenvalue weighted by molar-refractivity contribution is 5.84. The second-order valence-electron chi connectivity index (χ2n) is 4.28. The van der Waals surface area contributed by atoms with Crippen LogP contribution in [0.25, 0.3) is 0 Å². The first-order valence-electron chi connectivity index (χ1n) is 6.07. The van der Waals surface area contributed by atoms with Crippen molar-refractivity contribution in [2.24, 2.45) is 0 Å². The summed E-state index contributed by atoms with van der Waals surface area (Å²) < 4.78 is 1.47. The Kier molecular flexibility index (Phi) is 5.24. The fourth-order valence-corrected chi connectivity index (χ4v) is 1.52. The van der Waals surface area contributed by atoms with E-state index in [2.05, 4.69) is 15.6 Å². The van der Waals surface area contributed by atoms with Crippen LogP contribution >= 0.6 is 0 Å². The molecule has 1 heterocycles. The molecule has 0 aliphatic heterocycles. The number of rotatable bonds is 8. The molecule has 1 aromatic heterocycles. The zero-order chi connectivity index (χ0) is 13.6. The summed E-state index contributed by atoms with van der Waals surface area (Å²) in [7, 11) is 0. The molecule has 0 aliphatic carbocycles. The van der Waals surface area contributed by atoms with Gasteiger partial charge >= 0.3 is 5.97 Å². The fourth-order valence-electron chi connectivity index (χ4n) is 1.52. The van der Waals surface area contributed by atoms with Crippen molar-refractivity contribution in [3.05, 3.63) is 11.9 Å². The van der Waals surface area contributed by atoms with E-state index in [1.165, 1.54) is 10.9 Å². The Morgan fingerprint density at radius 2 is 2.17 bits per heavy atom. The fraction of sp³-hybridized carbons (Fsp3) is 0.727. The summed E-state index contributed by atoms with van der Waals surface area (Å²) in [5.41, 5.74) is -0.733. The van der Waals surface area contributed by atoms with E-state index in [1.807, 2.05) is 13.8 Å². The molecule has 0 aromatic carbocycles. The lowest BCUT2D eigenvalue weighted by atomic mass is 9.98. The lowest BCUT2D eigenvalue weighted by molar-refractivity contribution is 0.0325. The van der Waals surface area contributed by atoms with Crippen molar-refractivity contribution in [3.63, 3.8) is 0 Å². The Balaban J connectivity index is 2.31. The van der Waals surface area contributed by atoms with Gasteiger partial charge in [0, 0.05) is 13.1 Å². The quantitative estimate of drug-likeness (QED) is 0.571. The van der Waals surface area contributed by atoms with Crippen LogP contribution in [0.15, 0.2) is 6.20 Å². The van der Waals surface area contributed by atoms with Gasteiger partial charge in [0.25, 0.3) is 0 Å². The van der Waals surface area contributed by atoms with Gasteiger partial charge in [-0.3, -0.25) is 4.68 Å². The molecule has 1 rings (SSSR count). The SMILES string of the molecule is CCC(O)(CC)CNCCn1cc(C(=O)O)nn1. The van der Waals surface area contributed by atoms with Crippen LogP contribution in [0.1, 0.15) is 37.2 Å². The van der Waals surface area contributed by atoms with Crippen LogP contribution in [-0.4, -0.2) is 49.9 Å². The van der Waals surface area contributed by atoms with E-state index in [0.717, 1.165) is 0 Å². The number of hydrogen-bond donors (Lipinski definition) is 3. The molecule has 0 atom stereocenters. The monoisotopic (exact) mass is 256 g/mol. The van der Waals surface area contributed by atoms with Crippen LogP contribution in [0.2, 0.25) is 0 Å².